The minimum atomic E-state index is -3.77. The third-order valence-electron chi connectivity index (χ3n) is 3.78. The van der Waals surface area contributed by atoms with Crippen LogP contribution in [0.5, 0.6) is 11.5 Å². The highest BCUT2D eigenvalue weighted by molar-refractivity contribution is 7.89. The third kappa shape index (κ3) is 7.72. The quantitative estimate of drug-likeness (QED) is 0.408. The molecule has 0 bridgehead atoms. The van der Waals surface area contributed by atoms with Crippen molar-refractivity contribution in [1.82, 2.24) is 4.72 Å². The molecule has 2 rings (SSSR count). The van der Waals surface area contributed by atoms with E-state index in [4.69, 9.17) is 14.2 Å². The van der Waals surface area contributed by atoms with Crippen LogP contribution in [0.25, 0.3) is 0 Å². The molecule has 0 saturated heterocycles. The van der Waals surface area contributed by atoms with Crippen molar-refractivity contribution in [3.63, 3.8) is 0 Å². The van der Waals surface area contributed by atoms with Gasteiger partial charge in [0.25, 0.3) is 0 Å². The van der Waals surface area contributed by atoms with Gasteiger partial charge < -0.3 is 19.5 Å². The molecule has 2 N–H and O–H groups in total. The van der Waals surface area contributed by atoms with Crippen LogP contribution in [0.3, 0.4) is 0 Å². The molecule has 2 aromatic carbocycles. The van der Waals surface area contributed by atoms with E-state index in [-0.39, 0.29) is 37.0 Å². The standard InChI is InChI=1S/C20H24N2O7S/c1-15(23)22-16-3-9-19(10-4-16)30(25,26)21-12-11-20(24)29-14-13-28-18-7-5-17(27-2)6-8-18/h3-10,21H,11-14H2,1-2H3,(H,22,23). The monoisotopic (exact) mass is 436 g/mol. The molecule has 0 fully saturated rings. The van der Waals surface area contributed by atoms with Crippen molar-refractivity contribution < 1.29 is 32.2 Å². The second-order valence-electron chi connectivity index (χ2n) is 6.10. The summed E-state index contributed by atoms with van der Waals surface area (Å²) in [6.45, 7) is 1.47. The zero-order valence-electron chi connectivity index (χ0n) is 16.7. The van der Waals surface area contributed by atoms with Gasteiger partial charge >= 0.3 is 5.97 Å². The number of esters is 1. The summed E-state index contributed by atoms with van der Waals surface area (Å²) in [6.07, 6.45) is -0.119. The van der Waals surface area contributed by atoms with Crippen LogP contribution in [0.1, 0.15) is 13.3 Å². The number of methoxy groups -OCH3 is 1. The van der Waals surface area contributed by atoms with E-state index in [0.717, 1.165) is 0 Å². The van der Waals surface area contributed by atoms with Crippen LogP contribution >= 0.6 is 0 Å². The zero-order valence-corrected chi connectivity index (χ0v) is 17.5. The number of carbonyl (C=O) groups is 2. The molecule has 0 atom stereocenters. The van der Waals surface area contributed by atoms with E-state index in [0.29, 0.717) is 17.2 Å². The van der Waals surface area contributed by atoms with Gasteiger partial charge in [0.2, 0.25) is 15.9 Å². The molecule has 0 saturated carbocycles. The van der Waals surface area contributed by atoms with Crippen LogP contribution in [-0.2, 0) is 24.3 Å². The van der Waals surface area contributed by atoms with Gasteiger partial charge in [0.15, 0.2) is 0 Å². The second-order valence-corrected chi connectivity index (χ2v) is 7.86. The smallest absolute Gasteiger partial charge is 0.307 e. The molecular weight excluding hydrogens is 412 g/mol. The van der Waals surface area contributed by atoms with Crippen LogP contribution in [0, 0.1) is 0 Å². The molecule has 0 spiro atoms. The number of rotatable bonds is 11. The summed E-state index contributed by atoms with van der Waals surface area (Å²) in [5.74, 6) is 0.526. The average molecular weight is 436 g/mol. The highest BCUT2D eigenvalue weighted by atomic mass is 32.2. The second kappa shape index (κ2) is 11.2. The summed E-state index contributed by atoms with van der Waals surface area (Å²) >= 11 is 0. The number of sulfonamides is 1. The molecule has 2 aromatic rings. The van der Waals surface area contributed by atoms with Crippen molar-refractivity contribution in [3.8, 4) is 11.5 Å². The highest BCUT2D eigenvalue weighted by Gasteiger charge is 2.14. The minimum Gasteiger partial charge on any atom is -0.497 e. The molecule has 0 aromatic heterocycles. The zero-order chi connectivity index (χ0) is 22.0. The Morgan fingerprint density at radius 2 is 1.57 bits per heavy atom. The Morgan fingerprint density at radius 1 is 0.933 bits per heavy atom. The molecule has 0 unspecified atom stereocenters. The van der Waals surface area contributed by atoms with Crippen molar-refractivity contribution in [1.29, 1.82) is 0 Å². The molecule has 0 heterocycles. The fourth-order valence-electron chi connectivity index (χ4n) is 2.35. The Balaban J connectivity index is 1.68. The summed E-state index contributed by atoms with van der Waals surface area (Å²) < 4.78 is 42.3. The number of hydrogen-bond acceptors (Lipinski definition) is 7. The predicted molar refractivity (Wildman–Crippen MR) is 110 cm³/mol. The van der Waals surface area contributed by atoms with Crippen LogP contribution in [0.15, 0.2) is 53.4 Å². The number of anilines is 1. The number of amides is 1. The Labute approximate surface area is 175 Å². The maximum atomic E-state index is 12.2. The van der Waals surface area contributed by atoms with Gasteiger partial charge in [-0.1, -0.05) is 0 Å². The van der Waals surface area contributed by atoms with Crippen molar-refractivity contribution in [2.24, 2.45) is 0 Å². The van der Waals surface area contributed by atoms with Crippen LogP contribution in [-0.4, -0.2) is 47.2 Å². The van der Waals surface area contributed by atoms with Crippen molar-refractivity contribution >= 4 is 27.6 Å². The molecule has 0 aliphatic carbocycles. The maximum Gasteiger partial charge on any atom is 0.307 e. The summed E-state index contributed by atoms with van der Waals surface area (Å²) in [7, 11) is -2.20. The van der Waals surface area contributed by atoms with E-state index in [2.05, 4.69) is 10.0 Å². The lowest BCUT2D eigenvalue weighted by molar-refractivity contribution is -0.144. The SMILES string of the molecule is COc1ccc(OCCOC(=O)CCNS(=O)(=O)c2ccc(NC(C)=O)cc2)cc1. The van der Waals surface area contributed by atoms with Gasteiger partial charge in [-0.2, -0.15) is 0 Å². The predicted octanol–water partition coefficient (Wildman–Crippen LogP) is 1.94. The highest BCUT2D eigenvalue weighted by Crippen LogP contribution is 2.17. The molecule has 30 heavy (non-hydrogen) atoms. The van der Waals surface area contributed by atoms with Gasteiger partial charge in [-0.05, 0) is 48.5 Å². The Kier molecular flexibility index (Phi) is 8.63. The van der Waals surface area contributed by atoms with Crippen molar-refractivity contribution in [3.05, 3.63) is 48.5 Å². The summed E-state index contributed by atoms with van der Waals surface area (Å²) in [4.78, 5) is 22.8. The van der Waals surface area contributed by atoms with Crippen molar-refractivity contribution in [2.75, 3.05) is 32.2 Å². The molecular formula is C20H24N2O7S. The minimum absolute atomic E-state index is 0.0258. The first-order chi connectivity index (χ1) is 14.3. The number of nitrogens with one attached hydrogen (secondary N) is 2. The van der Waals surface area contributed by atoms with Crippen molar-refractivity contribution in [2.45, 2.75) is 18.2 Å². The van der Waals surface area contributed by atoms with Gasteiger partial charge in [-0.15, -0.1) is 0 Å². The first-order valence-corrected chi connectivity index (χ1v) is 10.6. The largest absolute Gasteiger partial charge is 0.497 e. The first-order valence-electron chi connectivity index (χ1n) is 9.10. The Morgan fingerprint density at radius 3 is 2.17 bits per heavy atom. The lowest BCUT2D eigenvalue weighted by Gasteiger charge is -2.09. The van der Waals surface area contributed by atoms with E-state index in [1.165, 1.54) is 31.2 Å². The van der Waals surface area contributed by atoms with Crippen LogP contribution in [0.2, 0.25) is 0 Å². The van der Waals surface area contributed by atoms with Gasteiger partial charge in [-0.25, -0.2) is 13.1 Å². The Hall–Kier alpha value is -3.11. The average Bonchev–Trinajstić information content (AvgIpc) is 2.71. The molecule has 10 heteroatoms. The Bertz CT molecular complexity index is 942. The number of carbonyl (C=O) groups excluding carboxylic acids is 2. The fraction of sp³-hybridized carbons (Fsp3) is 0.300. The van der Waals surface area contributed by atoms with E-state index in [1.54, 1.807) is 31.4 Å². The molecule has 162 valence electrons. The van der Waals surface area contributed by atoms with Crippen LogP contribution in [0.4, 0.5) is 5.69 Å². The number of hydrogen-bond donors (Lipinski definition) is 2. The summed E-state index contributed by atoms with van der Waals surface area (Å²) in [6, 6.07) is 12.7. The molecule has 1 amide bonds. The lowest BCUT2D eigenvalue weighted by Crippen LogP contribution is -2.27. The molecule has 0 radical (unpaired) electrons. The number of benzene rings is 2. The van der Waals surface area contributed by atoms with E-state index in [1.807, 2.05) is 0 Å². The fourth-order valence-corrected chi connectivity index (χ4v) is 3.38. The van der Waals surface area contributed by atoms with Crippen LogP contribution < -0.4 is 19.5 Å². The van der Waals surface area contributed by atoms with Gasteiger partial charge in [-0.3, -0.25) is 9.59 Å². The molecule has 0 aliphatic rings. The van der Waals surface area contributed by atoms with E-state index >= 15 is 0 Å². The molecule has 0 aliphatic heterocycles. The molecule has 9 nitrogen and oxygen atoms in total. The third-order valence-corrected chi connectivity index (χ3v) is 5.26. The summed E-state index contributed by atoms with van der Waals surface area (Å²) in [5.41, 5.74) is 0.488. The maximum absolute atomic E-state index is 12.2. The van der Waals surface area contributed by atoms with Gasteiger partial charge in [0.05, 0.1) is 18.4 Å². The van der Waals surface area contributed by atoms with E-state index < -0.39 is 16.0 Å². The first kappa shape index (κ1) is 23.2. The number of ether oxygens (including phenoxy) is 3. The normalized spacial score (nSPS) is 10.9. The topological polar surface area (TPSA) is 120 Å². The lowest BCUT2D eigenvalue weighted by atomic mass is 10.3. The van der Waals surface area contributed by atoms with Gasteiger partial charge in [0, 0.05) is 19.2 Å². The van der Waals surface area contributed by atoms with Gasteiger partial charge in [0.1, 0.15) is 24.7 Å². The summed E-state index contributed by atoms with van der Waals surface area (Å²) in [5, 5.41) is 2.55. The van der Waals surface area contributed by atoms with E-state index in [9.17, 15) is 18.0 Å².